The Kier molecular flexibility index (Phi) is 3.58. The molecule has 0 aliphatic rings. The summed E-state index contributed by atoms with van der Waals surface area (Å²) in [4.78, 5) is 12.0. The molecule has 0 aliphatic heterocycles. The summed E-state index contributed by atoms with van der Waals surface area (Å²) in [5, 5.41) is 11.3. The molecule has 4 heteroatoms. The van der Waals surface area contributed by atoms with Gasteiger partial charge >= 0.3 is 0 Å². The van der Waals surface area contributed by atoms with Gasteiger partial charge in [-0.05, 0) is 37.3 Å². The van der Waals surface area contributed by atoms with Crippen LogP contribution in [0.1, 0.15) is 21.5 Å². The van der Waals surface area contributed by atoms with Crippen molar-refractivity contribution in [1.82, 2.24) is 0 Å². The predicted molar refractivity (Wildman–Crippen MR) is 70.2 cm³/mol. The van der Waals surface area contributed by atoms with Crippen LogP contribution in [-0.4, -0.2) is 5.91 Å². The molecule has 2 aromatic carbocycles. The second-order valence-electron chi connectivity index (χ2n) is 4.13. The molecule has 94 valence electrons. The summed E-state index contributed by atoms with van der Waals surface area (Å²) < 4.78 is 13.6. The van der Waals surface area contributed by atoms with Gasteiger partial charge in [-0.15, -0.1) is 0 Å². The van der Waals surface area contributed by atoms with Crippen LogP contribution in [0.25, 0.3) is 0 Å². The largest absolute Gasteiger partial charge is 0.322 e. The molecule has 0 aromatic heterocycles. The van der Waals surface area contributed by atoms with Crippen molar-refractivity contribution < 1.29 is 9.18 Å². The number of amides is 1. The average molecular weight is 254 g/mol. The Hall–Kier alpha value is -2.67. The first kappa shape index (κ1) is 12.8. The topological polar surface area (TPSA) is 52.9 Å². The lowest BCUT2D eigenvalue weighted by Gasteiger charge is -2.07. The minimum Gasteiger partial charge on any atom is -0.322 e. The molecule has 0 saturated heterocycles. The molecule has 0 radical (unpaired) electrons. The van der Waals surface area contributed by atoms with Crippen LogP contribution in [0.4, 0.5) is 10.1 Å². The van der Waals surface area contributed by atoms with Crippen LogP contribution in [0, 0.1) is 24.1 Å². The van der Waals surface area contributed by atoms with Gasteiger partial charge in [0.05, 0.1) is 17.2 Å². The molecule has 0 fully saturated rings. The monoisotopic (exact) mass is 254 g/mol. The number of anilines is 1. The highest BCUT2D eigenvalue weighted by Crippen LogP contribution is 2.14. The van der Waals surface area contributed by atoms with E-state index in [-0.39, 0.29) is 5.56 Å². The maximum absolute atomic E-state index is 13.6. The summed E-state index contributed by atoms with van der Waals surface area (Å²) in [5.74, 6) is -1.10. The highest BCUT2D eigenvalue weighted by molar-refractivity contribution is 6.04. The fraction of sp³-hybridized carbons (Fsp3) is 0.0667. The number of nitrogens with one attached hydrogen (secondary N) is 1. The van der Waals surface area contributed by atoms with E-state index < -0.39 is 11.7 Å². The molecule has 0 spiro atoms. The van der Waals surface area contributed by atoms with Gasteiger partial charge in [0, 0.05) is 5.69 Å². The Morgan fingerprint density at radius 3 is 2.79 bits per heavy atom. The summed E-state index contributed by atoms with van der Waals surface area (Å²) in [6.07, 6.45) is 0. The van der Waals surface area contributed by atoms with Crippen molar-refractivity contribution in [1.29, 1.82) is 5.26 Å². The van der Waals surface area contributed by atoms with E-state index >= 15 is 0 Å². The fourth-order valence-electron chi connectivity index (χ4n) is 1.68. The maximum Gasteiger partial charge on any atom is 0.258 e. The summed E-state index contributed by atoms with van der Waals surface area (Å²) in [6, 6.07) is 12.8. The maximum atomic E-state index is 13.6. The lowest BCUT2D eigenvalue weighted by Crippen LogP contribution is -2.14. The number of halogens is 1. The van der Waals surface area contributed by atoms with Gasteiger partial charge in [0.15, 0.2) is 0 Å². The minimum atomic E-state index is -0.570. The average Bonchev–Trinajstić information content (AvgIpc) is 2.41. The molecule has 0 bridgehead atoms. The van der Waals surface area contributed by atoms with Gasteiger partial charge in [0.1, 0.15) is 5.82 Å². The smallest absolute Gasteiger partial charge is 0.258 e. The van der Waals surface area contributed by atoms with Crippen LogP contribution in [0.3, 0.4) is 0 Å². The van der Waals surface area contributed by atoms with E-state index in [9.17, 15) is 9.18 Å². The molecule has 0 heterocycles. The standard InChI is InChI=1S/C15H11FN2O/c1-10-5-6-14(16)13(7-10)15(19)18-12-4-2-3-11(8-12)9-17/h2-8H,1H3,(H,18,19). The molecule has 0 atom stereocenters. The Labute approximate surface area is 110 Å². The highest BCUT2D eigenvalue weighted by Gasteiger charge is 2.12. The normalized spacial score (nSPS) is 9.74. The Morgan fingerprint density at radius 2 is 2.05 bits per heavy atom. The number of rotatable bonds is 2. The first-order valence-corrected chi connectivity index (χ1v) is 5.68. The zero-order valence-corrected chi connectivity index (χ0v) is 10.3. The zero-order chi connectivity index (χ0) is 13.8. The molecule has 0 saturated carbocycles. The van der Waals surface area contributed by atoms with Crippen molar-refractivity contribution >= 4 is 11.6 Å². The van der Waals surface area contributed by atoms with Crippen molar-refractivity contribution in [3.8, 4) is 6.07 Å². The zero-order valence-electron chi connectivity index (χ0n) is 10.3. The van der Waals surface area contributed by atoms with E-state index in [1.807, 2.05) is 6.07 Å². The van der Waals surface area contributed by atoms with Crippen LogP contribution >= 0.6 is 0 Å². The van der Waals surface area contributed by atoms with E-state index in [1.165, 1.54) is 18.2 Å². The quantitative estimate of drug-likeness (QED) is 0.894. The molecule has 2 rings (SSSR count). The fourth-order valence-corrected chi connectivity index (χ4v) is 1.68. The van der Waals surface area contributed by atoms with Crippen molar-refractivity contribution in [3.05, 3.63) is 65.0 Å². The molecule has 3 nitrogen and oxygen atoms in total. The summed E-state index contributed by atoms with van der Waals surface area (Å²) in [6.45, 7) is 1.78. The Balaban J connectivity index is 2.26. The lowest BCUT2D eigenvalue weighted by atomic mass is 10.1. The Bertz CT molecular complexity index is 674. The van der Waals surface area contributed by atoms with Crippen molar-refractivity contribution in [2.75, 3.05) is 5.32 Å². The van der Waals surface area contributed by atoms with Crippen molar-refractivity contribution in [2.45, 2.75) is 6.92 Å². The number of hydrogen-bond donors (Lipinski definition) is 1. The van der Waals surface area contributed by atoms with Gasteiger partial charge in [-0.1, -0.05) is 17.7 Å². The summed E-state index contributed by atoms with van der Waals surface area (Å²) in [7, 11) is 0. The first-order valence-electron chi connectivity index (χ1n) is 5.68. The lowest BCUT2D eigenvalue weighted by molar-refractivity contribution is 0.102. The predicted octanol–water partition coefficient (Wildman–Crippen LogP) is 3.26. The van der Waals surface area contributed by atoms with Gasteiger partial charge in [-0.25, -0.2) is 4.39 Å². The molecule has 1 N–H and O–H groups in total. The van der Waals surface area contributed by atoms with Gasteiger partial charge in [-0.3, -0.25) is 4.79 Å². The molecule has 1 amide bonds. The number of benzene rings is 2. The highest BCUT2D eigenvalue weighted by atomic mass is 19.1. The number of hydrogen-bond acceptors (Lipinski definition) is 2. The third-order valence-corrected chi connectivity index (χ3v) is 2.62. The van der Waals surface area contributed by atoms with Crippen molar-refractivity contribution in [3.63, 3.8) is 0 Å². The molecule has 2 aromatic rings. The molecular weight excluding hydrogens is 243 g/mol. The van der Waals surface area contributed by atoms with E-state index in [0.29, 0.717) is 11.3 Å². The van der Waals surface area contributed by atoms with Crippen LogP contribution < -0.4 is 5.32 Å². The van der Waals surface area contributed by atoms with Gasteiger partial charge in [0.25, 0.3) is 5.91 Å². The van der Waals surface area contributed by atoms with Gasteiger partial charge in [0.2, 0.25) is 0 Å². The second-order valence-corrected chi connectivity index (χ2v) is 4.13. The number of nitriles is 1. The van der Waals surface area contributed by atoms with Crippen LogP contribution in [0.15, 0.2) is 42.5 Å². The SMILES string of the molecule is Cc1ccc(F)c(C(=O)Nc2cccc(C#N)c2)c1. The summed E-state index contributed by atoms with van der Waals surface area (Å²) >= 11 is 0. The van der Waals surface area contributed by atoms with Crippen LogP contribution in [-0.2, 0) is 0 Å². The molecule has 0 aliphatic carbocycles. The van der Waals surface area contributed by atoms with Crippen molar-refractivity contribution in [2.24, 2.45) is 0 Å². The van der Waals surface area contributed by atoms with Crippen LogP contribution in [0.5, 0.6) is 0 Å². The number of nitrogens with zero attached hydrogens (tertiary/aromatic N) is 1. The van der Waals surface area contributed by atoms with E-state index in [1.54, 1.807) is 31.2 Å². The molecule has 0 unspecified atom stereocenters. The summed E-state index contributed by atoms with van der Waals surface area (Å²) in [5.41, 5.74) is 1.69. The Morgan fingerprint density at radius 1 is 1.26 bits per heavy atom. The first-order chi connectivity index (χ1) is 9.10. The third kappa shape index (κ3) is 2.96. The third-order valence-electron chi connectivity index (χ3n) is 2.62. The number of aryl methyl sites for hydroxylation is 1. The van der Waals surface area contributed by atoms with Gasteiger partial charge in [-0.2, -0.15) is 5.26 Å². The molecular formula is C15H11FN2O. The van der Waals surface area contributed by atoms with E-state index in [0.717, 1.165) is 5.56 Å². The van der Waals surface area contributed by atoms with E-state index in [2.05, 4.69) is 5.32 Å². The minimum absolute atomic E-state index is 0.0117. The number of carbonyl (C=O) groups excluding carboxylic acids is 1. The van der Waals surface area contributed by atoms with E-state index in [4.69, 9.17) is 5.26 Å². The van der Waals surface area contributed by atoms with Crippen LogP contribution in [0.2, 0.25) is 0 Å². The number of carbonyl (C=O) groups is 1. The molecule has 19 heavy (non-hydrogen) atoms. The second kappa shape index (κ2) is 5.32. The van der Waals surface area contributed by atoms with Gasteiger partial charge < -0.3 is 5.32 Å².